The summed E-state index contributed by atoms with van der Waals surface area (Å²) in [5.41, 5.74) is 1.02. The van der Waals surface area contributed by atoms with E-state index in [1.807, 2.05) is 30.3 Å². The van der Waals surface area contributed by atoms with Crippen molar-refractivity contribution >= 4 is 17.7 Å². The van der Waals surface area contributed by atoms with E-state index in [1.165, 1.54) is 6.20 Å². The molecule has 2 rings (SSSR count). The Kier molecular flexibility index (Phi) is 3.84. The average molecular weight is 266 g/mol. The quantitative estimate of drug-likeness (QED) is 0.795. The standard InChI is InChI=1S/C12H12ClN3O2/c13-10-7-14-11(16-10)9(15-12(17)18)6-8-4-2-1-3-5-8/h1-5,7,9,15H,6H2,(H,14,16)(H,17,18)/t9-/m0/s1. The van der Waals surface area contributed by atoms with Gasteiger partial charge >= 0.3 is 6.09 Å². The number of rotatable bonds is 4. The normalized spacial score (nSPS) is 12.1. The van der Waals surface area contributed by atoms with E-state index < -0.39 is 12.1 Å². The second-order valence-corrected chi connectivity index (χ2v) is 4.19. The van der Waals surface area contributed by atoms with Crippen molar-refractivity contribution in [1.82, 2.24) is 15.3 Å². The molecule has 1 amide bonds. The van der Waals surface area contributed by atoms with Gasteiger partial charge in [-0.1, -0.05) is 41.9 Å². The van der Waals surface area contributed by atoms with Gasteiger partial charge in [0.1, 0.15) is 11.0 Å². The van der Waals surface area contributed by atoms with E-state index in [0.717, 1.165) is 5.56 Å². The molecule has 0 unspecified atom stereocenters. The molecule has 6 heteroatoms. The molecule has 0 fully saturated rings. The number of halogens is 1. The van der Waals surface area contributed by atoms with Gasteiger partial charge in [0.25, 0.3) is 0 Å². The minimum absolute atomic E-state index is 0.315. The zero-order valence-corrected chi connectivity index (χ0v) is 10.2. The summed E-state index contributed by atoms with van der Waals surface area (Å²) < 4.78 is 0. The summed E-state index contributed by atoms with van der Waals surface area (Å²) in [7, 11) is 0. The fourth-order valence-corrected chi connectivity index (χ4v) is 1.85. The Labute approximate surface area is 109 Å². The molecule has 5 nitrogen and oxygen atoms in total. The van der Waals surface area contributed by atoms with Gasteiger partial charge in [-0.25, -0.2) is 9.78 Å². The van der Waals surface area contributed by atoms with Crippen LogP contribution in [0.2, 0.25) is 5.15 Å². The summed E-state index contributed by atoms with van der Waals surface area (Å²) in [5.74, 6) is 0.506. The molecule has 0 saturated carbocycles. The average Bonchev–Trinajstić information content (AvgIpc) is 2.76. The third-order valence-corrected chi connectivity index (χ3v) is 2.67. The molecule has 2 aromatic rings. The summed E-state index contributed by atoms with van der Waals surface area (Å²) in [5, 5.41) is 11.6. The second kappa shape index (κ2) is 5.55. The van der Waals surface area contributed by atoms with E-state index in [0.29, 0.717) is 17.4 Å². The topological polar surface area (TPSA) is 78.0 Å². The zero-order chi connectivity index (χ0) is 13.0. The van der Waals surface area contributed by atoms with Crippen LogP contribution in [0.25, 0.3) is 0 Å². The van der Waals surface area contributed by atoms with Crippen molar-refractivity contribution in [1.29, 1.82) is 0 Å². The van der Waals surface area contributed by atoms with Crippen LogP contribution in [0, 0.1) is 0 Å². The lowest BCUT2D eigenvalue weighted by Crippen LogP contribution is -2.29. The molecule has 0 aliphatic heterocycles. The lowest BCUT2D eigenvalue weighted by atomic mass is 10.1. The van der Waals surface area contributed by atoms with Crippen molar-refractivity contribution in [3.05, 3.63) is 53.1 Å². The predicted molar refractivity (Wildman–Crippen MR) is 67.6 cm³/mol. The minimum Gasteiger partial charge on any atom is -0.465 e. The number of hydrogen-bond donors (Lipinski definition) is 3. The van der Waals surface area contributed by atoms with Crippen molar-refractivity contribution in [3.63, 3.8) is 0 Å². The molecule has 1 heterocycles. The molecule has 0 spiro atoms. The number of H-pyrrole nitrogens is 1. The van der Waals surface area contributed by atoms with Crippen LogP contribution in [0.4, 0.5) is 4.79 Å². The first-order chi connectivity index (χ1) is 8.65. The number of carbonyl (C=O) groups is 1. The number of hydrogen-bond acceptors (Lipinski definition) is 2. The molecule has 1 aromatic carbocycles. The maximum atomic E-state index is 10.8. The third-order valence-electron chi connectivity index (χ3n) is 2.48. The Morgan fingerprint density at radius 1 is 1.44 bits per heavy atom. The van der Waals surface area contributed by atoms with Gasteiger partial charge in [0, 0.05) is 12.6 Å². The molecule has 18 heavy (non-hydrogen) atoms. The second-order valence-electron chi connectivity index (χ2n) is 3.80. The van der Waals surface area contributed by atoms with Crippen LogP contribution in [0.1, 0.15) is 17.4 Å². The Hall–Kier alpha value is -2.01. The van der Waals surface area contributed by atoms with E-state index in [9.17, 15) is 4.79 Å². The largest absolute Gasteiger partial charge is 0.465 e. The van der Waals surface area contributed by atoms with Crippen molar-refractivity contribution in [2.45, 2.75) is 12.5 Å². The molecule has 0 saturated heterocycles. The fraction of sp³-hybridized carbons (Fsp3) is 0.167. The van der Waals surface area contributed by atoms with Crippen molar-refractivity contribution in [3.8, 4) is 0 Å². The number of aromatic nitrogens is 2. The SMILES string of the molecule is O=C(O)N[C@@H](Cc1ccccc1)c1nc(Cl)c[nH]1. The van der Waals surface area contributed by atoms with E-state index >= 15 is 0 Å². The summed E-state index contributed by atoms with van der Waals surface area (Å²) >= 11 is 5.73. The third kappa shape index (κ3) is 3.24. The molecule has 1 aromatic heterocycles. The molecule has 3 N–H and O–H groups in total. The van der Waals surface area contributed by atoms with Crippen LogP contribution in [-0.2, 0) is 6.42 Å². The number of carboxylic acid groups (broad SMARTS) is 1. The minimum atomic E-state index is -1.09. The lowest BCUT2D eigenvalue weighted by Gasteiger charge is -2.14. The molecular weight excluding hydrogens is 254 g/mol. The van der Waals surface area contributed by atoms with Gasteiger partial charge in [0.05, 0.1) is 6.04 Å². The molecule has 0 aliphatic rings. The maximum absolute atomic E-state index is 10.8. The van der Waals surface area contributed by atoms with Gasteiger partial charge in [-0.2, -0.15) is 0 Å². The highest BCUT2D eigenvalue weighted by atomic mass is 35.5. The van der Waals surface area contributed by atoms with Crippen LogP contribution in [0.5, 0.6) is 0 Å². The van der Waals surface area contributed by atoms with Gasteiger partial charge in [0.15, 0.2) is 0 Å². The van der Waals surface area contributed by atoms with Gasteiger partial charge in [-0.3, -0.25) is 0 Å². The van der Waals surface area contributed by atoms with Crippen LogP contribution in [-0.4, -0.2) is 21.2 Å². The highest BCUT2D eigenvalue weighted by molar-refractivity contribution is 6.29. The van der Waals surface area contributed by atoms with E-state index in [1.54, 1.807) is 0 Å². The van der Waals surface area contributed by atoms with Gasteiger partial charge in [0.2, 0.25) is 0 Å². The number of nitrogens with one attached hydrogen (secondary N) is 2. The molecule has 0 bridgehead atoms. The predicted octanol–water partition coefficient (Wildman–Crippen LogP) is 2.61. The number of amides is 1. The van der Waals surface area contributed by atoms with Gasteiger partial charge in [-0.05, 0) is 5.56 Å². The van der Waals surface area contributed by atoms with Crippen LogP contribution in [0.15, 0.2) is 36.5 Å². The highest BCUT2D eigenvalue weighted by Gasteiger charge is 2.17. The highest BCUT2D eigenvalue weighted by Crippen LogP contribution is 2.17. The first-order valence-corrected chi connectivity index (χ1v) is 5.77. The molecular formula is C12H12ClN3O2. The summed E-state index contributed by atoms with van der Waals surface area (Å²) in [6.45, 7) is 0. The van der Waals surface area contributed by atoms with Gasteiger partial charge < -0.3 is 15.4 Å². The zero-order valence-electron chi connectivity index (χ0n) is 9.43. The van der Waals surface area contributed by atoms with E-state index in [-0.39, 0.29) is 0 Å². The smallest absolute Gasteiger partial charge is 0.405 e. The van der Waals surface area contributed by atoms with Crippen molar-refractivity contribution in [2.75, 3.05) is 0 Å². The Bertz CT molecular complexity index is 527. The number of nitrogens with zero attached hydrogens (tertiary/aromatic N) is 1. The number of benzene rings is 1. The lowest BCUT2D eigenvalue weighted by molar-refractivity contribution is 0.189. The van der Waals surface area contributed by atoms with Crippen molar-refractivity contribution in [2.24, 2.45) is 0 Å². The van der Waals surface area contributed by atoms with Crippen LogP contribution in [0.3, 0.4) is 0 Å². The van der Waals surface area contributed by atoms with Crippen LogP contribution < -0.4 is 5.32 Å². The molecule has 1 atom stereocenters. The Morgan fingerprint density at radius 2 is 2.17 bits per heavy atom. The Morgan fingerprint density at radius 3 is 2.72 bits per heavy atom. The van der Waals surface area contributed by atoms with Gasteiger partial charge in [-0.15, -0.1) is 0 Å². The maximum Gasteiger partial charge on any atom is 0.405 e. The summed E-state index contributed by atoms with van der Waals surface area (Å²) in [4.78, 5) is 17.7. The van der Waals surface area contributed by atoms with Crippen molar-refractivity contribution < 1.29 is 9.90 Å². The van der Waals surface area contributed by atoms with E-state index in [4.69, 9.17) is 16.7 Å². The van der Waals surface area contributed by atoms with Crippen LogP contribution >= 0.6 is 11.6 Å². The Balaban J connectivity index is 2.18. The number of imidazole rings is 1. The molecule has 0 radical (unpaired) electrons. The summed E-state index contributed by atoms with van der Waals surface area (Å²) in [6, 6.07) is 9.14. The molecule has 0 aliphatic carbocycles. The first-order valence-electron chi connectivity index (χ1n) is 5.39. The van der Waals surface area contributed by atoms with E-state index in [2.05, 4.69) is 15.3 Å². The first kappa shape index (κ1) is 12.4. The molecule has 94 valence electrons. The fourth-order valence-electron chi connectivity index (χ4n) is 1.71. The summed E-state index contributed by atoms with van der Waals surface area (Å²) in [6.07, 6.45) is 0.943. The number of aromatic amines is 1. The monoisotopic (exact) mass is 265 g/mol.